The molecule has 0 aliphatic rings. The van der Waals surface area contributed by atoms with Crippen molar-refractivity contribution in [1.82, 2.24) is 0 Å². The van der Waals surface area contributed by atoms with Crippen molar-refractivity contribution in [3.8, 4) is 0 Å². The van der Waals surface area contributed by atoms with Crippen molar-refractivity contribution in [3.63, 3.8) is 0 Å². The fraction of sp³-hybridized carbons (Fsp3) is 0.750. The number of unbranched alkanes of at least 4 members (excludes halogenated alkanes) is 6. The van der Waals surface area contributed by atoms with E-state index in [-0.39, 0.29) is 12.2 Å². The molecule has 110 valence electrons. The highest BCUT2D eigenvalue weighted by Gasteiger charge is 2.03. The van der Waals surface area contributed by atoms with Crippen molar-refractivity contribution in [2.24, 2.45) is 0 Å². The van der Waals surface area contributed by atoms with E-state index in [1.807, 2.05) is 0 Å². The minimum Gasteiger partial charge on any atom is -0.481 e. The summed E-state index contributed by atoms with van der Waals surface area (Å²) in [4.78, 5) is 21.8. The van der Waals surface area contributed by atoms with Crippen LogP contribution in [0.15, 0.2) is 11.6 Å². The van der Waals surface area contributed by atoms with Crippen LogP contribution in [0.25, 0.3) is 0 Å². The van der Waals surface area contributed by atoms with E-state index >= 15 is 0 Å². The highest BCUT2D eigenvalue weighted by Crippen LogP contribution is 2.14. The Morgan fingerprint density at radius 3 is 2.05 bits per heavy atom. The summed E-state index contributed by atoms with van der Waals surface area (Å²) in [5.41, 5.74) is 0.971. The molecule has 0 aliphatic carbocycles. The number of carboxylic acid groups (broad SMARTS) is 1. The second kappa shape index (κ2) is 11.9. The molecule has 0 aromatic heterocycles. The predicted octanol–water partition coefficient (Wildman–Crippen LogP) is 4.51. The summed E-state index contributed by atoms with van der Waals surface area (Å²) >= 11 is 0. The number of ketones is 1. The lowest BCUT2D eigenvalue weighted by molar-refractivity contribution is -0.137. The summed E-state index contributed by atoms with van der Waals surface area (Å²) in [6.07, 6.45) is 11.5. The van der Waals surface area contributed by atoms with Gasteiger partial charge in [-0.05, 0) is 38.2 Å². The van der Waals surface area contributed by atoms with Crippen molar-refractivity contribution in [2.75, 3.05) is 0 Å². The first-order valence-electron chi connectivity index (χ1n) is 7.49. The average molecular weight is 268 g/mol. The van der Waals surface area contributed by atoms with Gasteiger partial charge < -0.3 is 5.11 Å². The SMILES string of the molecule is CCCC/C=C(/CCCCCCCC(=O)O)C(C)=O. The molecule has 19 heavy (non-hydrogen) atoms. The van der Waals surface area contributed by atoms with Crippen molar-refractivity contribution in [1.29, 1.82) is 0 Å². The van der Waals surface area contributed by atoms with Crippen LogP contribution in [0.5, 0.6) is 0 Å². The maximum absolute atomic E-state index is 11.4. The number of allylic oxidation sites excluding steroid dienone is 2. The van der Waals surface area contributed by atoms with Crippen molar-refractivity contribution >= 4 is 11.8 Å². The Kier molecular flexibility index (Phi) is 11.2. The van der Waals surface area contributed by atoms with E-state index in [1.54, 1.807) is 6.92 Å². The first-order valence-corrected chi connectivity index (χ1v) is 7.49. The van der Waals surface area contributed by atoms with Gasteiger partial charge in [0.15, 0.2) is 5.78 Å². The molecule has 0 atom stereocenters. The molecule has 0 amide bonds. The van der Waals surface area contributed by atoms with Crippen LogP contribution in [0.4, 0.5) is 0 Å². The summed E-state index contributed by atoms with van der Waals surface area (Å²) in [5.74, 6) is -0.514. The molecule has 0 bridgehead atoms. The molecule has 0 unspecified atom stereocenters. The van der Waals surface area contributed by atoms with Crippen molar-refractivity contribution in [2.45, 2.75) is 78.1 Å². The fourth-order valence-corrected chi connectivity index (χ4v) is 2.02. The Morgan fingerprint density at radius 2 is 1.53 bits per heavy atom. The Hall–Kier alpha value is -1.12. The summed E-state index contributed by atoms with van der Waals surface area (Å²) in [5, 5.41) is 8.51. The van der Waals surface area contributed by atoms with Gasteiger partial charge in [-0.3, -0.25) is 9.59 Å². The number of rotatable bonds is 12. The van der Waals surface area contributed by atoms with E-state index in [0.717, 1.165) is 63.4 Å². The van der Waals surface area contributed by atoms with E-state index in [0.29, 0.717) is 0 Å². The number of aliphatic carboxylic acids is 1. The lowest BCUT2D eigenvalue weighted by atomic mass is 10.0. The molecule has 0 aromatic carbocycles. The predicted molar refractivity (Wildman–Crippen MR) is 78.2 cm³/mol. The van der Waals surface area contributed by atoms with Gasteiger partial charge in [-0.15, -0.1) is 0 Å². The van der Waals surface area contributed by atoms with Gasteiger partial charge in [-0.25, -0.2) is 0 Å². The first kappa shape index (κ1) is 17.9. The van der Waals surface area contributed by atoms with Gasteiger partial charge in [0.05, 0.1) is 0 Å². The van der Waals surface area contributed by atoms with E-state index in [1.165, 1.54) is 0 Å². The number of carbonyl (C=O) groups is 2. The number of hydrogen-bond acceptors (Lipinski definition) is 2. The third kappa shape index (κ3) is 11.7. The number of hydrogen-bond donors (Lipinski definition) is 1. The third-order valence-corrected chi connectivity index (χ3v) is 3.24. The van der Waals surface area contributed by atoms with Gasteiger partial charge in [-0.2, -0.15) is 0 Å². The zero-order chi connectivity index (χ0) is 14.5. The van der Waals surface area contributed by atoms with E-state index in [2.05, 4.69) is 13.0 Å². The van der Waals surface area contributed by atoms with Gasteiger partial charge in [0, 0.05) is 6.42 Å². The topological polar surface area (TPSA) is 54.4 Å². The lowest BCUT2D eigenvalue weighted by Crippen LogP contribution is -1.97. The highest BCUT2D eigenvalue weighted by molar-refractivity contribution is 5.93. The van der Waals surface area contributed by atoms with Crippen LogP contribution >= 0.6 is 0 Å². The Balaban J connectivity index is 3.67. The molecule has 0 saturated heterocycles. The molecule has 0 rings (SSSR count). The van der Waals surface area contributed by atoms with Crippen LogP contribution < -0.4 is 0 Å². The standard InChI is InChI=1S/C16H28O3/c1-3-4-8-11-15(14(2)17)12-9-6-5-7-10-13-16(18)19/h11H,3-10,12-13H2,1-2H3,(H,18,19)/b15-11-. The van der Waals surface area contributed by atoms with Gasteiger partial charge in [-0.1, -0.05) is 45.1 Å². The lowest BCUT2D eigenvalue weighted by Gasteiger charge is -2.04. The van der Waals surface area contributed by atoms with Gasteiger partial charge in [0.25, 0.3) is 0 Å². The molecule has 0 spiro atoms. The number of carboxylic acids is 1. The molecule has 0 radical (unpaired) electrons. The van der Waals surface area contributed by atoms with Crippen LogP contribution in [-0.4, -0.2) is 16.9 Å². The molecule has 0 saturated carbocycles. The monoisotopic (exact) mass is 268 g/mol. The van der Waals surface area contributed by atoms with Crippen LogP contribution in [0, 0.1) is 0 Å². The van der Waals surface area contributed by atoms with Crippen molar-refractivity contribution < 1.29 is 14.7 Å². The maximum Gasteiger partial charge on any atom is 0.303 e. The minimum atomic E-state index is -0.710. The summed E-state index contributed by atoms with van der Waals surface area (Å²) in [6, 6.07) is 0. The molecular weight excluding hydrogens is 240 g/mol. The normalized spacial score (nSPS) is 11.6. The smallest absolute Gasteiger partial charge is 0.303 e. The summed E-state index contributed by atoms with van der Waals surface area (Å²) < 4.78 is 0. The first-order chi connectivity index (χ1) is 9.07. The van der Waals surface area contributed by atoms with E-state index < -0.39 is 5.97 Å². The third-order valence-electron chi connectivity index (χ3n) is 3.24. The van der Waals surface area contributed by atoms with Crippen LogP contribution in [0.1, 0.15) is 78.1 Å². The Morgan fingerprint density at radius 1 is 0.947 bits per heavy atom. The number of carbonyl (C=O) groups excluding carboxylic acids is 1. The molecule has 0 fully saturated rings. The quantitative estimate of drug-likeness (QED) is 0.418. The van der Waals surface area contributed by atoms with Crippen LogP contribution in [0.3, 0.4) is 0 Å². The molecule has 0 heterocycles. The zero-order valence-corrected chi connectivity index (χ0v) is 12.4. The van der Waals surface area contributed by atoms with E-state index in [9.17, 15) is 9.59 Å². The minimum absolute atomic E-state index is 0.196. The Bertz CT molecular complexity index is 292. The van der Waals surface area contributed by atoms with Crippen LogP contribution in [-0.2, 0) is 9.59 Å². The second-order valence-electron chi connectivity index (χ2n) is 5.09. The molecule has 3 heteroatoms. The molecule has 1 N–H and O–H groups in total. The van der Waals surface area contributed by atoms with Crippen molar-refractivity contribution in [3.05, 3.63) is 11.6 Å². The zero-order valence-electron chi connectivity index (χ0n) is 12.4. The summed E-state index contributed by atoms with van der Waals surface area (Å²) in [7, 11) is 0. The molecule has 0 aliphatic heterocycles. The van der Waals surface area contributed by atoms with Gasteiger partial charge in [0.1, 0.15) is 0 Å². The van der Waals surface area contributed by atoms with Crippen LogP contribution in [0.2, 0.25) is 0 Å². The highest BCUT2D eigenvalue weighted by atomic mass is 16.4. The fourth-order valence-electron chi connectivity index (χ4n) is 2.02. The average Bonchev–Trinajstić information content (AvgIpc) is 2.34. The molecular formula is C16H28O3. The van der Waals surface area contributed by atoms with Gasteiger partial charge >= 0.3 is 5.97 Å². The van der Waals surface area contributed by atoms with Gasteiger partial charge in [0.2, 0.25) is 0 Å². The Labute approximate surface area is 117 Å². The molecule has 0 aromatic rings. The number of Topliss-reactive ketones (excluding diaryl/α,β-unsaturated/α-hetero) is 1. The van der Waals surface area contributed by atoms with E-state index in [4.69, 9.17) is 5.11 Å². The maximum atomic E-state index is 11.4. The second-order valence-corrected chi connectivity index (χ2v) is 5.09. The summed E-state index contributed by atoms with van der Waals surface area (Å²) in [6.45, 7) is 3.79. The largest absolute Gasteiger partial charge is 0.481 e. The molecule has 3 nitrogen and oxygen atoms in total.